The van der Waals surface area contributed by atoms with Crippen LogP contribution in [-0.4, -0.2) is 40.1 Å². The van der Waals surface area contributed by atoms with Crippen LogP contribution in [0.4, 0.5) is 4.79 Å². The average Bonchev–Trinajstić information content (AvgIpc) is 2.92. The van der Waals surface area contributed by atoms with Crippen LogP contribution in [-0.2, 0) is 16.0 Å². The fourth-order valence-electron chi connectivity index (χ4n) is 2.25. The van der Waals surface area contributed by atoms with Crippen LogP contribution in [0.15, 0.2) is 30.3 Å². The molecule has 118 valence electrons. The topological polar surface area (TPSA) is 95.5 Å². The number of benzene rings is 1. The molecule has 1 aromatic carbocycles. The minimum absolute atomic E-state index is 0.0104. The Hall–Kier alpha value is -2.02. The normalized spacial score (nSPS) is 18.5. The van der Waals surface area contributed by atoms with E-state index in [4.69, 9.17) is 5.11 Å². The number of rotatable bonds is 7. The molecule has 1 unspecified atom stereocenters. The number of carboxylic acids is 1. The molecule has 0 spiro atoms. The quantitative estimate of drug-likeness (QED) is 0.705. The smallest absolute Gasteiger partial charge is 0.303 e. The SMILES string of the molecule is O=C(O)CCC(Cc1ccccc1)NC(=O)[C@@H]1CSC(=O)N1. The van der Waals surface area contributed by atoms with Gasteiger partial charge >= 0.3 is 5.97 Å². The van der Waals surface area contributed by atoms with Gasteiger partial charge in [-0.2, -0.15) is 0 Å². The molecule has 1 aliphatic heterocycles. The first kappa shape index (κ1) is 16.4. The summed E-state index contributed by atoms with van der Waals surface area (Å²) in [5.74, 6) is -0.747. The fraction of sp³-hybridized carbons (Fsp3) is 0.400. The number of carbonyl (C=O) groups is 3. The van der Waals surface area contributed by atoms with E-state index in [2.05, 4.69) is 10.6 Å². The van der Waals surface area contributed by atoms with Gasteiger partial charge in [0.1, 0.15) is 6.04 Å². The van der Waals surface area contributed by atoms with E-state index in [-0.39, 0.29) is 23.6 Å². The molecule has 0 bridgehead atoms. The van der Waals surface area contributed by atoms with Gasteiger partial charge in [0.25, 0.3) is 5.24 Å². The Balaban J connectivity index is 1.95. The van der Waals surface area contributed by atoms with E-state index in [0.29, 0.717) is 18.6 Å². The monoisotopic (exact) mass is 322 g/mol. The van der Waals surface area contributed by atoms with E-state index in [9.17, 15) is 14.4 Å². The highest BCUT2D eigenvalue weighted by molar-refractivity contribution is 8.14. The van der Waals surface area contributed by atoms with Gasteiger partial charge in [-0.3, -0.25) is 14.4 Å². The van der Waals surface area contributed by atoms with Gasteiger partial charge in [0.05, 0.1) is 0 Å². The summed E-state index contributed by atoms with van der Waals surface area (Å²) in [7, 11) is 0. The molecule has 6 nitrogen and oxygen atoms in total. The molecular weight excluding hydrogens is 304 g/mol. The van der Waals surface area contributed by atoms with Gasteiger partial charge in [0.2, 0.25) is 5.91 Å². The number of nitrogens with one attached hydrogen (secondary N) is 2. The summed E-state index contributed by atoms with van der Waals surface area (Å²) in [6, 6.07) is 8.77. The predicted octanol–water partition coefficient (Wildman–Crippen LogP) is 1.40. The zero-order valence-electron chi connectivity index (χ0n) is 12.0. The molecule has 1 aliphatic rings. The molecule has 7 heteroatoms. The summed E-state index contributed by atoms with van der Waals surface area (Å²) in [6.45, 7) is 0. The molecule has 0 saturated carbocycles. The second-order valence-electron chi connectivity index (χ2n) is 5.12. The second-order valence-corrected chi connectivity index (χ2v) is 6.12. The third-order valence-corrected chi connectivity index (χ3v) is 4.25. The summed E-state index contributed by atoms with van der Waals surface area (Å²) < 4.78 is 0. The maximum Gasteiger partial charge on any atom is 0.303 e. The predicted molar refractivity (Wildman–Crippen MR) is 83.7 cm³/mol. The molecule has 2 atom stereocenters. The first-order valence-corrected chi connectivity index (χ1v) is 8.02. The number of hydrogen-bond acceptors (Lipinski definition) is 4. The van der Waals surface area contributed by atoms with Crippen LogP contribution < -0.4 is 10.6 Å². The summed E-state index contributed by atoms with van der Waals surface area (Å²) in [6.07, 6.45) is 0.904. The van der Waals surface area contributed by atoms with Crippen molar-refractivity contribution in [2.24, 2.45) is 0 Å². The Bertz CT molecular complexity index is 550. The fourth-order valence-corrected chi connectivity index (χ4v) is 3.03. The van der Waals surface area contributed by atoms with Gasteiger partial charge in [-0.1, -0.05) is 42.1 Å². The molecule has 2 rings (SSSR count). The highest BCUT2D eigenvalue weighted by Crippen LogP contribution is 2.14. The number of aliphatic carboxylic acids is 1. The Kier molecular flexibility index (Phi) is 5.83. The van der Waals surface area contributed by atoms with E-state index in [0.717, 1.165) is 17.3 Å². The summed E-state index contributed by atoms with van der Waals surface area (Å²) in [4.78, 5) is 34.1. The first-order chi connectivity index (χ1) is 10.5. The van der Waals surface area contributed by atoms with Crippen molar-refractivity contribution in [2.75, 3.05) is 5.75 Å². The minimum Gasteiger partial charge on any atom is -0.481 e. The largest absolute Gasteiger partial charge is 0.481 e. The lowest BCUT2D eigenvalue weighted by Gasteiger charge is -2.20. The van der Waals surface area contributed by atoms with E-state index < -0.39 is 12.0 Å². The van der Waals surface area contributed by atoms with E-state index in [1.165, 1.54) is 0 Å². The Labute approximate surface area is 132 Å². The van der Waals surface area contributed by atoms with Crippen LogP contribution in [0.3, 0.4) is 0 Å². The van der Waals surface area contributed by atoms with Crippen LogP contribution in [0.25, 0.3) is 0 Å². The van der Waals surface area contributed by atoms with Crippen molar-refractivity contribution in [3.63, 3.8) is 0 Å². The molecule has 1 fully saturated rings. The molecular formula is C15H18N2O4S. The highest BCUT2D eigenvalue weighted by Gasteiger charge is 2.29. The maximum absolute atomic E-state index is 12.1. The second kappa shape index (κ2) is 7.84. The summed E-state index contributed by atoms with van der Waals surface area (Å²) >= 11 is 1.08. The zero-order valence-corrected chi connectivity index (χ0v) is 12.8. The lowest BCUT2D eigenvalue weighted by molar-refractivity contribution is -0.137. The van der Waals surface area contributed by atoms with Gasteiger partial charge in [0.15, 0.2) is 0 Å². The maximum atomic E-state index is 12.1. The lowest BCUT2D eigenvalue weighted by Crippen LogP contribution is -2.47. The summed E-state index contributed by atoms with van der Waals surface area (Å²) in [5, 5.41) is 14.1. The molecule has 1 heterocycles. The molecule has 3 N–H and O–H groups in total. The van der Waals surface area contributed by atoms with Crippen LogP contribution in [0.2, 0.25) is 0 Å². The molecule has 2 amide bonds. The van der Waals surface area contributed by atoms with Crippen LogP contribution in [0.5, 0.6) is 0 Å². The Morgan fingerprint density at radius 1 is 1.36 bits per heavy atom. The number of hydrogen-bond donors (Lipinski definition) is 3. The van der Waals surface area contributed by atoms with Gasteiger partial charge in [-0.15, -0.1) is 0 Å². The third kappa shape index (κ3) is 5.07. The first-order valence-electron chi connectivity index (χ1n) is 7.04. The molecule has 0 aromatic heterocycles. The van der Waals surface area contributed by atoms with Gasteiger partial charge < -0.3 is 15.7 Å². The Morgan fingerprint density at radius 3 is 2.68 bits per heavy atom. The van der Waals surface area contributed by atoms with Crippen LogP contribution in [0.1, 0.15) is 18.4 Å². The van der Waals surface area contributed by atoms with Gasteiger partial charge in [0, 0.05) is 18.2 Å². The minimum atomic E-state index is -0.892. The number of carboxylic acid groups (broad SMARTS) is 1. The molecule has 0 radical (unpaired) electrons. The van der Waals surface area contributed by atoms with Crippen molar-refractivity contribution in [2.45, 2.75) is 31.3 Å². The average molecular weight is 322 g/mol. The lowest BCUT2D eigenvalue weighted by atomic mass is 10.0. The van der Waals surface area contributed by atoms with E-state index in [1.807, 2.05) is 30.3 Å². The highest BCUT2D eigenvalue weighted by atomic mass is 32.2. The van der Waals surface area contributed by atoms with Gasteiger partial charge in [-0.05, 0) is 18.4 Å². The number of thioether (sulfide) groups is 1. The van der Waals surface area contributed by atoms with Crippen molar-refractivity contribution < 1.29 is 19.5 Å². The van der Waals surface area contributed by atoms with E-state index >= 15 is 0 Å². The molecule has 22 heavy (non-hydrogen) atoms. The van der Waals surface area contributed by atoms with Crippen molar-refractivity contribution in [3.05, 3.63) is 35.9 Å². The standard InChI is InChI=1S/C15H18N2O4S/c18-13(19)7-6-11(8-10-4-2-1-3-5-10)16-14(20)12-9-22-15(21)17-12/h1-5,11-12H,6-9H2,(H,16,20)(H,17,21)(H,18,19)/t11?,12-/m0/s1. The van der Waals surface area contributed by atoms with Crippen LogP contribution in [0, 0.1) is 0 Å². The summed E-state index contributed by atoms with van der Waals surface area (Å²) in [5.41, 5.74) is 1.03. The molecule has 1 saturated heterocycles. The number of amides is 2. The zero-order chi connectivity index (χ0) is 15.9. The number of carbonyl (C=O) groups excluding carboxylic acids is 2. The van der Waals surface area contributed by atoms with Crippen molar-refractivity contribution in [3.8, 4) is 0 Å². The molecule has 1 aromatic rings. The van der Waals surface area contributed by atoms with Crippen molar-refractivity contribution in [1.82, 2.24) is 10.6 Å². The Morgan fingerprint density at radius 2 is 2.09 bits per heavy atom. The van der Waals surface area contributed by atoms with E-state index in [1.54, 1.807) is 0 Å². The molecule has 0 aliphatic carbocycles. The van der Waals surface area contributed by atoms with Gasteiger partial charge in [-0.25, -0.2) is 0 Å². The van der Waals surface area contributed by atoms with Crippen LogP contribution >= 0.6 is 11.8 Å². The van der Waals surface area contributed by atoms with Crippen molar-refractivity contribution >= 4 is 28.9 Å². The third-order valence-electron chi connectivity index (χ3n) is 3.37. The van der Waals surface area contributed by atoms with Crippen molar-refractivity contribution in [1.29, 1.82) is 0 Å².